The molecule has 1 fully saturated rings. The van der Waals surface area contributed by atoms with E-state index in [1.807, 2.05) is 0 Å². The summed E-state index contributed by atoms with van der Waals surface area (Å²) < 4.78 is 0. The Morgan fingerprint density at radius 2 is 1.75 bits per heavy atom. The molecule has 0 heterocycles. The molecule has 2 nitrogen and oxygen atoms in total. The molecule has 1 aromatic rings. The lowest BCUT2D eigenvalue weighted by Crippen LogP contribution is -2.15. The first-order chi connectivity index (χ1) is 7.79. The Hall–Kier alpha value is -1.40. The van der Waals surface area contributed by atoms with Crippen LogP contribution in [0.4, 0.5) is 0 Å². The molecule has 1 aliphatic rings. The van der Waals surface area contributed by atoms with E-state index < -0.39 is 0 Å². The van der Waals surface area contributed by atoms with Crippen LogP contribution in [0.5, 0.6) is 0 Å². The van der Waals surface area contributed by atoms with Crippen molar-refractivity contribution in [3.05, 3.63) is 35.4 Å². The van der Waals surface area contributed by atoms with Crippen LogP contribution in [-0.2, 0) is 4.79 Å². The van der Waals surface area contributed by atoms with Gasteiger partial charge in [-0.15, -0.1) is 0 Å². The molecule has 0 N–H and O–H groups in total. The summed E-state index contributed by atoms with van der Waals surface area (Å²) in [4.78, 5) is 14.0. The average molecular weight is 215 g/mol. The molecule has 0 amide bonds. The zero-order valence-electron chi connectivity index (χ0n) is 9.65. The number of hydrogen-bond donors (Lipinski definition) is 0. The second kappa shape index (κ2) is 5.09. The van der Waals surface area contributed by atoms with Crippen molar-refractivity contribution >= 4 is 6.08 Å². The summed E-state index contributed by atoms with van der Waals surface area (Å²) in [6.45, 7) is 2.11. The van der Waals surface area contributed by atoms with E-state index in [0.717, 1.165) is 25.7 Å². The van der Waals surface area contributed by atoms with E-state index in [9.17, 15) is 4.79 Å². The molecular weight excluding hydrogens is 198 g/mol. The van der Waals surface area contributed by atoms with E-state index in [4.69, 9.17) is 0 Å². The summed E-state index contributed by atoms with van der Waals surface area (Å²) in [6.07, 6.45) is 5.99. The number of rotatable bonds is 2. The van der Waals surface area contributed by atoms with Gasteiger partial charge in [-0.25, -0.2) is 9.79 Å². The molecule has 1 saturated carbocycles. The van der Waals surface area contributed by atoms with Crippen molar-refractivity contribution in [2.24, 2.45) is 4.99 Å². The zero-order valence-corrected chi connectivity index (χ0v) is 9.65. The Labute approximate surface area is 96.4 Å². The van der Waals surface area contributed by atoms with Gasteiger partial charge in [-0.2, -0.15) is 0 Å². The summed E-state index contributed by atoms with van der Waals surface area (Å²) in [5.74, 6) is 0.652. The molecule has 0 atom stereocenters. The third-order valence-corrected chi connectivity index (χ3v) is 3.48. The van der Waals surface area contributed by atoms with Crippen molar-refractivity contribution in [3.8, 4) is 0 Å². The van der Waals surface area contributed by atoms with Crippen LogP contribution in [0.2, 0.25) is 0 Å². The highest BCUT2D eigenvalue weighted by Crippen LogP contribution is 2.33. The van der Waals surface area contributed by atoms with Gasteiger partial charge in [-0.05, 0) is 44.1 Å². The smallest absolute Gasteiger partial charge is 0.211 e. The lowest BCUT2D eigenvalue weighted by molar-refractivity contribution is 0.395. The molecule has 0 aliphatic heterocycles. The fourth-order valence-electron chi connectivity index (χ4n) is 2.45. The minimum absolute atomic E-state index is 0.221. The molecule has 0 saturated heterocycles. The highest BCUT2D eigenvalue weighted by atomic mass is 16.1. The number of carbonyl (C=O) groups excluding carboxylic acids is 1. The van der Waals surface area contributed by atoms with E-state index in [0.29, 0.717) is 5.92 Å². The van der Waals surface area contributed by atoms with Gasteiger partial charge in [0.1, 0.15) is 0 Å². The van der Waals surface area contributed by atoms with Crippen molar-refractivity contribution in [1.82, 2.24) is 0 Å². The van der Waals surface area contributed by atoms with Crippen LogP contribution in [0.3, 0.4) is 0 Å². The van der Waals surface area contributed by atoms with Crippen LogP contribution in [-0.4, -0.2) is 12.1 Å². The maximum Gasteiger partial charge on any atom is 0.235 e. The molecular formula is C14H17NO. The quantitative estimate of drug-likeness (QED) is 0.549. The van der Waals surface area contributed by atoms with Gasteiger partial charge in [0.15, 0.2) is 0 Å². The number of hydrogen-bond acceptors (Lipinski definition) is 2. The molecule has 2 rings (SSSR count). The minimum Gasteiger partial charge on any atom is -0.211 e. The van der Waals surface area contributed by atoms with Gasteiger partial charge in [-0.1, -0.05) is 29.8 Å². The first-order valence-corrected chi connectivity index (χ1v) is 5.93. The Morgan fingerprint density at radius 3 is 2.31 bits per heavy atom. The van der Waals surface area contributed by atoms with Crippen LogP contribution in [0, 0.1) is 6.92 Å². The van der Waals surface area contributed by atoms with Gasteiger partial charge >= 0.3 is 0 Å². The maximum atomic E-state index is 10.2. The van der Waals surface area contributed by atoms with Crippen molar-refractivity contribution in [1.29, 1.82) is 0 Å². The number of benzene rings is 1. The minimum atomic E-state index is 0.221. The van der Waals surface area contributed by atoms with Crippen LogP contribution < -0.4 is 0 Å². The van der Waals surface area contributed by atoms with Gasteiger partial charge in [0.05, 0.1) is 6.04 Å². The first kappa shape index (κ1) is 11.1. The maximum absolute atomic E-state index is 10.2. The largest absolute Gasteiger partial charge is 0.235 e. The third-order valence-electron chi connectivity index (χ3n) is 3.48. The van der Waals surface area contributed by atoms with Crippen LogP contribution in [0.15, 0.2) is 29.3 Å². The van der Waals surface area contributed by atoms with Gasteiger partial charge < -0.3 is 0 Å². The Balaban J connectivity index is 1.98. The Bertz CT molecular complexity index is 382. The molecule has 0 unspecified atom stereocenters. The van der Waals surface area contributed by atoms with Crippen molar-refractivity contribution in [3.63, 3.8) is 0 Å². The molecule has 16 heavy (non-hydrogen) atoms. The lowest BCUT2D eigenvalue weighted by Gasteiger charge is -2.25. The first-order valence-electron chi connectivity index (χ1n) is 5.93. The molecule has 1 aromatic carbocycles. The summed E-state index contributed by atoms with van der Waals surface area (Å²) in [6, 6.07) is 9.02. The molecule has 1 aliphatic carbocycles. The van der Waals surface area contributed by atoms with E-state index in [2.05, 4.69) is 36.2 Å². The van der Waals surface area contributed by atoms with Crippen LogP contribution >= 0.6 is 0 Å². The average Bonchev–Trinajstić information content (AvgIpc) is 2.32. The van der Waals surface area contributed by atoms with Crippen LogP contribution in [0.1, 0.15) is 42.7 Å². The fourth-order valence-corrected chi connectivity index (χ4v) is 2.45. The predicted molar refractivity (Wildman–Crippen MR) is 64.3 cm³/mol. The van der Waals surface area contributed by atoms with Gasteiger partial charge in [0.25, 0.3) is 0 Å². The Morgan fingerprint density at radius 1 is 1.12 bits per heavy atom. The fraction of sp³-hybridized carbons (Fsp3) is 0.500. The molecule has 0 radical (unpaired) electrons. The zero-order chi connectivity index (χ0) is 11.4. The Kier molecular flexibility index (Phi) is 3.53. The van der Waals surface area contributed by atoms with Crippen molar-refractivity contribution in [2.45, 2.75) is 44.6 Å². The van der Waals surface area contributed by atoms with Crippen molar-refractivity contribution < 1.29 is 4.79 Å². The van der Waals surface area contributed by atoms with E-state index >= 15 is 0 Å². The number of aryl methyl sites for hydroxylation is 1. The normalized spacial score (nSPS) is 24.8. The SMILES string of the molecule is Cc1ccc(C2CCC(N=C=O)CC2)cc1. The molecule has 0 bridgehead atoms. The van der Waals surface area contributed by atoms with E-state index in [-0.39, 0.29) is 6.04 Å². The summed E-state index contributed by atoms with van der Waals surface area (Å²) >= 11 is 0. The summed E-state index contributed by atoms with van der Waals surface area (Å²) in [5.41, 5.74) is 2.74. The molecule has 0 aromatic heterocycles. The summed E-state index contributed by atoms with van der Waals surface area (Å²) in [7, 11) is 0. The second-order valence-electron chi connectivity index (χ2n) is 4.64. The molecule has 0 spiro atoms. The number of nitrogens with zero attached hydrogens (tertiary/aromatic N) is 1. The standard InChI is InChI=1S/C14H17NO/c1-11-2-4-12(5-3-11)13-6-8-14(9-7-13)15-10-16/h2-5,13-14H,6-9H2,1H3. The van der Waals surface area contributed by atoms with Crippen LogP contribution in [0.25, 0.3) is 0 Å². The topological polar surface area (TPSA) is 29.4 Å². The number of isocyanates is 1. The number of aliphatic imine (C=N–C) groups is 1. The highest BCUT2D eigenvalue weighted by molar-refractivity contribution is 5.33. The van der Waals surface area contributed by atoms with Gasteiger partial charge in [-0.3, -0.25) is 0 Å². The molecule has 2 heteroatoms. The predicted octanol–water partition coefficient (Wildman–Crippen LogP) is 3.36. The van der Waals surface area contributed by atoms with Crippen molar-refractivity contribution in [2.75, 3.05) is 0 Å². The van der Waals surface area contributed by atoms with E-state index in [1.165, 1.54) is 11.1 Å². The third kappa shape index (κ3) is 2.59. The summed E-state index contributed by atoms with van der Waals surface area (Å²) in [5, 5.41) is 0. The van der Waals surface area contributed by atoms with E-state index in [1.54, 1.807) is 6.08 Å². The van der Waals surface area contributed by atoms with Gasteiger partial charge in [0, 0.05) is 0 Å². The van der Waals surface area contributed by atoms with Gasteiger partial charge in [0.2, 0.25) is 6.08 Å². The molecule has 84 valence electrons. The monoisotopic (exact) mass is 215 g/mol. The lowest BCUT2D eigenvalue weighted by atomic mass is 9.82. The second-order valence-corrected chi connectivity index (χ2v) is 4.64. The highest BCUT2D eigenvalue weighted by Gasteiger charge is 2.21.